The van der Waals surface area contributed by atoms with E-state index in [1.165, 1.54) is 12.1 Å². The quantitative estimate of drug-likeness (QED) is 0.874. The van der Waals surface area contributed by atoms with E-state index < -0.39 is 21.9 Å². The number of sulfonamides is 1. The SMILES string of the molecule is Cc1ccc(F)cc1S(=O)(=O)NCC(O)C1CCCC1. The van der Waals surface area contributed by atoms with Crippen LogP contribution >= 0.6 is 0 Å². The number of nitrogens with one attached hydrogen (secondary N) is 1. The Morgan fingerprint density at radius 3 is 2.70 bits per heavy atom. The van der Waals surface area contributed by atoms with E-state index in [0.29, 0.717) is 5.56 Å². The standard InChI is InChI=1S/C14H20FNO3S/c1-10-6-7-12(15)8-14(10)20(18,19)16-9-13(17)11-4-2-3-5-11/h6-8,11,13,16-17H,2-5,9H2,1H3. The summed E-state index contributed by atoms with van der Waals surface area (Å²) in [6, 6.07) is 3.65. The van der Waals surface area contributed by atoms with Crippen LogP contribution in [0.15, 0.2) is 23.1 Å². The van der Waals surface area contributed by atoms with E-state index in [1.807, 2.05) is 0 Å². The van der Waals surface area contributed by atoms with E-state index in [9.17, 15) is 17.9 Å². The minimum absolute atomic E-state index is 0.0248. The predicted octanol–water partition coefficient (Wildman–Crippen LogP) is 1.96. The summed E-state index contributed by atoms with van der Waals surface area (Å²) in [6.45, 7) is 1.59. The molecular formula is C14H20FNO3S. The van der Waals surface area contributed by atoms with Gasteiger partial charge in [0.05, 0.1) is 11.0 Å². The van der Waals surface area contributed by atoms with Crippen LogP contribution in [0.2, 0.25) is 0 Å². The molecule has 1 unspecified atom stereocenters. The highest BCUT2D eigenvalue weighted by atomic mass is 32.2. The lowest BCUT2D eigenvalue weighted by atomic mass is 10.0. The fourth-order valence-corrected chi connectivity index (χ4v) is 3.95. The molecule has 6 heteroatoms. The first-order valence-corrected chi connectivity index (χ1v) is 8.32. The van der Waals surface area contributed by atoms with E-state index in [-0.39, 0.29) is 17.4 Å². The molecule has 1 aliphatic carbocycles. The Morgan fingerprint density at radius 2 is 2.05 bits per heavy atom. The van der Waals surface area contributed by atoms with Crippen molar-refractivity contribution in [3.05, 3.63) is 29.6 Å². The van der Waals surface area contributed by atoms with Gasteiger partial charge in [0, 0.05) is 6.54 Å². The summed E-state index contributed by atoms with van der Waals surface area (Å²) in [5.41, 5.74) is 0.481. The molecule has 112 valence electrons. The molecule has 1 aromatic rings. The van der Waals surface area contributed by atoms with Crippen LogP contribution in [0.1, 0.15) is 31.2 Å². The zero-order chi connectivity index (χ0) is 14.8. The Balaban J connectivity index is 2.05. The molecule has 2 N–H and O–H groups in total. The van der Waals surface area contributed by atoms with Crippen LogP contribution in [-0.4, -0.2) is 26.2 Å². The Hall–Kier alpha value is -0.980. The highest BCUT2D eigenvalue weighted by molar-refractivity contribution is 7.89. The van der Waals surface area contributed by atoms with Crippen LogP contribution in [0.25, 0.3) is 0 Å². The Morgan fingerprint density at radius 1 is 1.40 bits per heavy atom. The van der Waals surface area contributed by atoms with Gasteiger partial charge in [-0.3, -0.25) is 0 Å². The first kappa shape index (κ1) is 15.4. The van der Waals surface area contributed by atoms with Gasteiger partial charge in [0.25, 0.3) is 0 Å². The molecule has 2 rings (SSSR count). The molecular weight excluding hydrogens is 281 g/mol. The normalized spacial score (nSPS) is 18.4. The maximum Gasteiger partial charge on any atom is 0.241 e. The van der Waals surface area contributed by atoms with Gasteiger partial charge in [-0.1, -0.05) is 18.9 Å². The smallest absolute Gasteiger partial charge is 0.241 e. The number of halogens is 1. The van der Waals surface area contributed by atoms with Gasteiger partial charge in [0.1, 0.15) is 5.82 Å². The molecule has 0 aliphatic heterocycles. The highest BCUT2D eigenvalue weighted by Crippen LogP contribution is 2.27. The average Bonchev–Trinajstić information content (AvgIpc) is 2.93. The topological polar surface area (TPSA) is 66.4 Å². The highest BCUT2D eigenvalue weighted by Gasteiger charge is 2.25. The number of hydrogen-bond donors (Lipinski definition) is 2. The summed E-state index contributed by atoms with van der Waals surface area (Å²) in [6.07, 6.45) is 3.35. The number of aryl methyl sites for hydroxylation is 1. The van der Waals surface area contributed by atoms with Gasteiger partial charge in [0.15, 0.2) is 0 Å². The summed E-state index contributed by atoms with van der Waals surface area (Å²) in [7, 11) is -3.79. The van der Waals surface area contributed by atoms with Crippen LogP contribution in [-0.2, 0) is 10.0 Å². The van der Waals surface area contributed by atoms with Crippen molar-refractivity contribution in [1.29, 1.82) is 0 Å². The number of benzene rings is 1. The lowest BCUT2D eigenvalue weighted by Gasteiger charge is -2.18. The van der Waals surface area contributed by atoms with E-state index in [1.54, 1.807) is 6.92 Å². The van der Waals surface area contributed by atoms with Gasteiger partial charge in [-0.15, -0.1) is 0 Å². The monoisotopic (exact) mass is 301 g/mol. The molecule has 4 nitrogen and oxygen atoms in total. The molecule has 1 aromatic carbocycles. The molecule has 1 aliphatic rings. The van der Waals surface area contributed by atoms with Crippen molar-refractivity contribution in [1.82, 2.24) is 4.72 Å². The van der Waals surface area contributed by atoms with E-state index in [2.05, 4.69) is 4.72 Å². The van der Waals surface area contributed by atoms with Gasteiger partial charge in [0.2, 0.25) is 10.0 Å². The predicted molar refractivity (Wildman–Crippen MR) is 74.3 cm³/mol. The number of aliphatic hydroxyl groups excluding tert-OH is 1. The van der Waals surface area contributed by atoms with Gasteiger partial charge >= 0.3 is 0 Å². The molecule has 1 saturated carbocycles. The molecule has 20 heavy (non-hydrogen) atoms. The van der Waals surface area contributed by atoms with Gasteiger partial charge in [-0.2, -0.15) is 0 Å². The van der Waals surface area contributed by atoms with Crippen molar-refractivity contribution < 1.29 is 17.9 Å². The molecule has 1 atom stereocenters. The molecule has 0 radical (unpaired) electrons. The Labute approximate surface area is 119 Å². The van der Waals surface area contributed by atoms with Crippen LogP contribution in [0.4, 0.5) is 4.39 Å². The Bertz CT molecular complexity index is 568. The van der Waals surface area contributed by atoms with Crippen LogP contribution in [0, 0.1) is 18.7 Å². The van der Waals surface area contributed by atoms with Crippen molar-refractivity contribution >= 4 is 10.0 Å². The summed E-state index contributed by atoms with van der Waals surface area (Å²) < 4.78 is 39.8. The summed E-state index contributed by atoms with van der Waals surface area (Å²) in [5, 5.41) is 9.98. The second-order valence-electron chi connectivity index (χ2n) is 5.37. The molecule has 0 heterocycles. The van der Waals surface area contributed by atoms with Crippen molar-refractivity contribution in [2.75, 3.05) is 6.54 Å². The third-order valence-electron chi connectivity index (χ3n) is 3.87. The van der Waals surface area contributed by atoms with Crippen molar-refractivity contribution in [2.45, 2.75) is 43.6 Å². The zero-order valence-electron chi connectivity index (χ0n) is 11.5. The molecule has 0 spiro atoms. The zero-order valence-corrected chi connectivity index (χ0v) is 12.3. The third-order valence-corrected chi connectivity index (χ3v) is 5.43. The van der Waals surface area contributed by atoms with Gasteiger partial charge in [-0.25, -0.2) is 17.5 Å². The fourth-order valence-electron chi connectivity index (χ4n) is 2.65. The van der Waals surface area contributed by atoms with E-state index >= 15 is 0 Å². The second kappa shape index (κ2) is 6.20. The van der Waals surface area contributed by atoms with Gasteiger partial charge in [-0.05, 0) is 43.4 Å². The van der Waals surface area contributed by atoms with E-state index in [4.69, 9.17) is 0 Å². The minimum Gasteiger partial charge on any atom is -0.391 e. The Kier molecular flexibility index (Phi) is 4.78. The first-order chi connectivity index (χ1) is 9.40. The maximum absolute atomic E-state index is 13.2. The maximum atomic E-state index is 13.2. The first-order valence-electron chi connectivity index (χ1n) is 6.84. The lowest BCUT2D eigenvalue weighted by Crippen LogP contribution is -2.35. The van der Waals surface area contributed by atoms with E-state index in [0.717, 1.165) is 31.7 Å². The van der Waals surface area contributed by atoms with Crippen LogP contribution in [0.5, 0.6) is 0 Å². The molecule has 0 saturated heterocycles. The minimum atomic E-state index is -3.79. The van der Waals surface area contributed by atoms with Crippen LogP contribution in [0.3, 0.4) is 0 Å². The largest absolute Gasteiger partial charge is 0.391 e. The summed E-state index contributed by atoms with van der Waals surface area (Å²) in [4.78, 5) is -0.0730. The lowest BCUT2D eigenvalue weighted by molar-refractivity contribution is 0.115. The van der Waals surface area contributed by atoms with Crippen molar-refractivity contribution in [2.24, 2.45) is 5.92 Å². The van der Waals surface area contributed by atoms with Crippen LogP contribution < -0.4 is 4.72 Å². The number of rotatable bonds is 5. The summed E-state index contributed by atoms with van der Waals surface area (Å²) >= 11 is 0. The molecule has 1 fully saturated rings. The average molecular weight is 301 g/mol. The van der Waals surface area contributed by atoms with Crippen molar-refractivity contribution in [3.63, 3.8) is 0 Å². The fraction of sp³-hybridized carbons (Fsp3) is 0.571. The molecule has 0 bridgehead atoms. The number of hydrogen-bond acceptors (Lipinski definition) is 3. The second-order valence-corrected chi connectivity index (χ2v) is 7.11. The van der Waals surface area contributed by atoms with Gasteiger partial charge < -0.3 is 5.11 Å². The number of aliphatic hydroxyl groups is 1. The van der Waals surface area contributed by atoms with Crippen molar-refractivity contribution in [3.8, 4) is 0 Å². The third kappa shape index (κ3) is 3.56. The molecule has 0 amide bonds. The molecule has 0 aromatic heterocycles. The summed E-state index contributed by atoms with van der Waals surface area (Å²) in [5.74, 6) is -0.432.